The normalized spacial score (nSPS) is 10.4. The van der Waals surface area contributed by atoms with E-state index in [0.717, 1.165) is 12.3 Å². The van der Waals surface area contributed by atoms with Gasteiger partial charge >= 0.3 is 5.97 Å². The SMILES string of the molecule is O=C(O)c1ccnc(Nc2cc(F)cc(F)c2F)c1F. The molecule has 0 radical (unpaired) electrons. The second-order valence-corrected chi connectivity index (χ2v) is 3.70. The molecule has 1 heterocycles. The predicted octanol–water partition coefficient (Wildman–Crippen LogP) is 3.08. The summed E-state index contributed by atoms with van der Waals surface area (Å²) in [7, 11) is 0. The van der Waals surface area contributed by atoms with Crippen LogP contribution < -0.4 is 5.32 Å². The first-order chi connectivity index (χ1) is 9.40. The Bertz CT molecular complexity index is 691. The Morgan fingerprint density at radius 1 is 1.15 bits per heavy atom. The Hall–Kier alpha value is -2.64. The fraction of sp³-hybridized carbons (Fsp3) is 0. The summed E-state index contributed by atoms with van der Waals surface area (Å²) in [6, 6.07) is 1.80. The van der Waals surface area contributed by atoms with Gasteiger partial charge < -0.3 is 10.4 Å². The number of benzene rings is 1. The number of carboxylic acid groups (broad SMARTS) is 1. The molecule has 0 fully saturated rings. The van der Waals surface area contributed by atoms with Gasteiger partial charge in [0, 0.05) is 18.3 Å². The third-order valence-electron chi connectivity index (χ3n) is 2.37. The van der Waals surface area contributed by atoms with Crippen LogP contribution in [0.5, 0.6) is 0 Å². The van der Waals surface area contributed by atoms with Gasteiger partial charge in [0.15, 0.2) is 23.3 Å². The quantitative estimate of drug-likeness (QED) is 0.672. The third kappa shape index (κ3) is 2.53. The van der Waals surface area contributed by atoms with Gasteiger partial charge in [-0.05, 0) is 6.07 Å². The molecular formula is C12H6F4N2O2. The maximum Gasteiger partial charge on any atom is 0.338 e. The van der Waals surface area contributed by atoms with E-state index in [1.165, 1.54) is 0 Å². The van der Waals surface area contributed by atoms with Gasteiger partial charge in [-0.3, -0.25) is 0 Å². The first-order valence-corrected chi connectivity index (χ1v) is 5.19. The molecule has 0 spiro atoms. The summed E-state index contributed by atoms with van der Waals surface area (Å²) in [6.45, 7) is 0. The number of halogens is 4. The summed E-state index contributed by atoms with van der Waals surface area (Å²) in [5.74, 6) is -7.48. The Labute approximate surface area is 109 Å². The van der Waals surface area contributed by atoms with Gasteiger partial charge in [0.1, 0.15) is 11.4 Å². The highest BCUT2D eigenvalue weighted by Gasteiger charge is 2.18. The van der Waals surface area contributed by atoms with E-state index < -0.39 is 46.3 Å². The first-order valence-electron chi connectivity index (χ1n) is 5.19. The largest absolute Gasteiger partial charge is 0.478 e. The molecule has 0 aliphatic rings. The fourth-order valence-electron chi connectivity index (χ4n) is 1.47. The van der Waals surface area contributed by atoms with Crippen molar-refractivity contribution >= 4 is 17.5 Å². The highest BCUT2D eigenvalue weighted by molar-refractivity contribution is 5.89. The van der Waals surface area contributed by atoms with Crippen LogP contribution in [-0.2, 0) is 0 Å². The van der Waals surface area contributed by atoms with Crippen molar-refractivity contribution in [2.75, 3.05) is 5.32 Å². The fourth-order valence-corrected chi connectivity index (χ4v) is 1.47. The predicted molar refractivity (Wildman–Crippen MR) is 60.8 cm³/mol. The van der Waals surface area contributed by atoms with E-state index >= 15 is 0 Å². The van der Waals surface area contributed by atoms with Crippen LogP contribution in [0.15, 0.2) is 24.4 Å². The second-order valence-electron chi connectivity index (χ2n) is 3.70. The number of aromatic carboxylic acids is 1. The van der Waals surface area contributed by atoms with Crippen LogP contribution in [0, 0.1) is 23.3 Å². The molecule has 4 nitrogen and oxygen atoms in total. The smallest absolute Gasteiger partial charge is 0.338 e. The van der Waals surface area contributed by atoms with Crippen LogP contribution in [-0.4, -0.2) is 16.1 Å². The Balaban J connectivity index is 2.46. The number of nitrogens with zero attached hydrogens (tertiary/aromatic N) is 1. The molecule has 1 aromatic heterocycles. The lowest BCUT2D eigenvalue weighted by atomic mass is 10.2. The maximum absolute atomic E-state index is 13.7. The number of hydrogen-bond donors (Lipinski definition) is 2. The van der Waals surface area contributed by atoms with Crippen LogP contribution in [0.4, 0.5) is 29.1 Å². The van der Waals surface area contributed by atoms with Gasteiger partial charge in [-0.1, -0.05) is 0 Å². The highest BCUT2D eigenvalue weighted by atomic mass is 19.2. The second kappa shape index (κ2) is 5.16. The summed E-state index contributed by atoms with van der Waals surface area (Å²) in [5.41, 5.74) is -1.41. The van der Waals surface area contributed by atoms with Crippen molar-refractivity contribution in [3.63, 3.8) is 0 Å². The summed E-state index contributed by atoms with van der Waals surface area (Å²) >= 11 is 0. The summed E-state index contributed by atoms with van der Waals surface area (Å²) in [6.07, 6.45) is 0.961. The first kappa shape index (κ1) is 13.8. The van der Waals surface area contributed by atoms with E-state index in [2.05, 4.69) is 4.98 Å². The molecule has 2 rings (SSSR count). The van der Waals surface area contributed by atoms with Crippen molar-refractivity contribution in [3.05, 3.63) is 53.2 Å². The average Bonchev–Trinajstić information content (AvgIpc) is 2.37. The van der Waals surface area contributed by atoms with Crippen molar-refractivity contribution in [2.24, 2.45) is 0 Å². The molecule has 0 saturated heterocycles. The standard InChI is InChI=1S/C12H6F4N2O2/c13-5-3-7(14)10(16)8(4-5)18-11-9(15)6(12(19)20)1-2-17-11/h1-4H,(H,17,18)(H,19,20). The Morgan fingerprint density at radius 2 is 1.85 bits per heavy atom. The van der Waals surface area contributed by atoms with Gasteiger partial charge in [0.25, 0.3) is 0 Å². The number of aromatic nitrogens is 1. The summed E-state index contributed by atoms with van der Waals surface area (Å²) in [4.78, 5) is 14.2. The molecule has 0 atom stereocenters. The summed E-state index contributed by atoms with van der Waals surface area (Å²) in [5, 5.41) is 10.7. The maximum atomic E-state index is 13.7. The number of hydrogen-bond acceptors (Lipinski definition) is 3. The molecule has 20 heavy (non-hydrogen) atoms. The molecule has 1 aromatic carbocycles. The third-order valence-corrected chi connectivity index (χ3v) is 2.37. The monoisotopic (exact) mass is 286 g/mol. The molecule has 2 N–H and O–H groups in total. The van der Waals surface area contributed by atoms with E-state index in [4.69, 9.17) is 5.11 Å². The molecule has 0 aliphatic carbocycles. The van der Waals surface area contributed by atoms with Crippen LogP contribution in [0.3, 0.4) is 0 Å². The van der Waals surface area contributed by atoms with E-state index in [1.54, 1.807) is 0 Å². The van der Waals surface area contributed by atoms with Crippen molar-refractivity contribution in [1.29, 1.82) is 0 Å². The minimum absolute atomic E-state index is 0.317. The topological polar surface area (TPSA) is 62.2 Å². The number of anilines is 2. The molecule has 0 bridgehead atoms. The lowest BCUT2D eigenvalue weighted by molar-refractivity contribution is 0.0692. The van der Waals surface area contributed by atoms with Crippen LogP contribution in [0.2, 0.25) is 0 Å². The number of nitrogens with one attached hydrogen (secondary N) is 1. The van der Waals surface area contributed by atoms with E-state index in [-0.39, 0.29) is 0 Å². The molecule has 0 aliphatic heterocycles. The van der Waals surface area contributed by atoms with Gasteiger partial charge in [0.05, 0.1) is 5.69 Å². The molecule has 2 aromatic rings. The van der Waals surface area contributed by atoms with Gasteiger partial charge in [-0.25, -0.2) is 27.3 Å². The molecule has 0 saturated carbocycles. The van der Waals surface area contributed by atoms with E-state index in [1.807, 2.05) is 5.32 Å². The number of carboxylic acids is 1. The van der Waals surface area contributed by atoms with E-state index in [0.29, 0.717) is 12.1 Å². The average molecular weight is 286 g/mol. The molecule has 104 valence electrons. The minimum Gasteiger partial charge on any atom is -0.478 e. The molecular weight excluding hydrogens is 280 g/mol. The number of rotatable bonds is 3. The number of pyridine rings is 1. The molecule has 8 heteroatoms. The van der Waals surface area contributed by atoms with Gasteiger partial charge in [-0.2, -0.15) is 0 Å². The summed E-state index contributed by atoms with van der Waals surface area (Å²) < 4.78 is 53.1. The zero-order valence-electron chi connectivity index (χ0n) is 9.62. The minimum atomic E-state index is -1.56. The zero-order valence-corrected chi connectivity index (χ0v) is 9.62. The molecule has 0 amide bonds. The zero-order chi connectivity index (χ0) is 14.9. The van der Waals surface area contributed by atoms with Crippen molar-refractivity contribution in [1.82, 2.24) is 4.98 Å². The van der Waals surface area contributed by atoms with Crippen LogP contribution in [0.1, 0.15) is 10.4 Å². The van der Waals surface area contributed by atoms with Crippen LogP contribution in [0.25, 0.3) is 0 Å². The molecule has 0 unspecified atom stereocenters. The van der Waals surface area contributed by atoms with Crippen LogP contribution >= 0.6 is 0 Å². The highest BCUT2D eigenvalue weighted by Crippen LogP contribution is 2.24. The van der Waals surface area contributed by atoms with E-state index in [9.17, 15) is 22.4 Å². The Morgan fingerprint density at radius 3 is 2.50 bits per heavy atom. The lowest BCUT2D eigenvalue weighted by Crippen LogP contribution is -2.07. The van der Waals surface area contributed by atoms with Crippen molar-refractivity contribution in [2.45, 2.75) is 0 Å². The van der Waals surface area contributed by atoms with Gasteiger partial charge in [-0.15, -0.1) is 0 Å². The van der Waals surface area contributed by atoms with Crippen molar-refractivity contribution < 1.29 is 27.5 Å². The Kier molecular flexibility index (Phi) is 3.55. The number of carbonyl (C=O) groups is 1. The van der Waals surface area contributed by atoms with Crippen molar-refractivity contribution in [3.8, 4) is 0 Å². The van der Waals surface area contributed by atoms with Gasteiger partial charge in [0.2, 0.25) is 0 Å². The lowest BCUT2D eigenvalue weighted by Gasteiger charge is -2.09.